The van der Waals surface area contributed by atoms with Gasteiger partial charge in [-0.3, -0.25) is 14.8 Å². The van der Waals surface area contributed by atoms with Crippen LogP contribution >= 0.6 is 0 Å². The zero-order valence-corrected chi connectivity index (χ0v) is 14.7. The van der Waals surface area contributed by atoms with E-state index in [1.807, 2.05) is 0 Å². The average Bonchev–Trinajstić information content (AvgIpc) is 2.65. The van der Waals surface area contributed by atoms with Gasteiger partial charge in [0.15, 0.2) is 5.96 Å². The first-order valence-corrected chi connectivity index (χ1v) is 8.51. The number of hydrogen-bond acceptors (Lipinski definition) is 3. The minimum atomic E-state index is -0.167. The van der Waals surface area contributed by atoms with Crippen LogP contribution in [0.15, 0.2) is 47.7 Å². The van der Waals surface area contributed by atoms with E-state index in [0.29, 0.717) is 24.6 Å². The predicted octanol–water partition coefficient (Wildman–Crippen LogP) is 2.36. The van der Waals surface area contributed by atoms with Gasteiger partial charge in [0.05, 0.1) is 12.1 Å². The molecule has 0 bridgehead atoms. The summed E-state index contributed by atoms with van der Waals surface area (Å²) in [5.74, 6) is 0.186. The SMILES string of the molecule is CCc1cccc(CC)c1NC(N)=NCCNC(=O)c1cccnc1. The van der Waals surface area contributed by atoms with Crippen LogP contribution in [0.3, 0.4) is 0 Å². The Labute approximate surface area is 148 Å². The Bertz CT molecular complexity index is 706. The molecule has 0 saturated heterocycles. The summed E-state index contributed by atoms with van der Waals surface area (Å²) in [6.45, 7) is 5.04. The number of hydrogen-bond donors (Lipinski definition) is 3. The van der Waals surface area contributed by atoms with Crippen molar-refractivity contribution in [1.82, 2.24) is 10.3 Å². The Kier molecular flexibility index (Phi) is 6.95. The molecular weight excluding hydrogens is 314 g/mol. The van der Waals surface area contributed by atoms with Gasteiger partial charge in [0.25, 0.3) is 5.91 Å². The number of guanidine groups is 1. The number of amides is 1. The largest absolute Gasteiger partial charge is 0.370 e. The number of nitrogens with two attached hydrogens (primary N) is 1. The molecule has 4 N–H and O–H groups in total. The van der Waals surface area contributed by atoms with Crippen molar-refractivity contribution >= 4 is 17.6 Å². The van der Waals surface area contributed by atoms with Gasteiger partial charge in [-0.25, -0.2) is 0 Å². The average molecular weight is 339 g/mol. The molecule has 1 aromatic heterocycles. The van der Waals surface area contributed by atoms with E-state index in [0.717, 1.165) is 18.5 Å². The van der Waals surface area contributed by atoms with E-state index in [1.54, 1.807) is 18.3 Å². The summed E-state index contributed by atoms with van der Waals surface area (Å²) in [7, 11) is 0. The number of carbonyl (C=O) groups is 1. The maximum Gasteiger partial charge on any atom is 0.252 e. The van der Waals surface area contributed by atoms with Gasteiger partial charge in [-0.05, 0) is 36.1 Å². The minimum Gasteiger partial charge on any atom is -0.370 e. The topological polar surface area (TPSA) is 92.4 Å². The second kappa shape index (κ2) is 9.42. The highest BCUT2D eigenvalue weighted by atomic mass is 16.1. The molecule has 0 atom stereocenters. The first-order valence-electron chi connectivity index (χ1n) is 8.51. The summed E-state index contributed by atoms with van der Waals surface area (Å²) in [6.07, 6.45) is 5.00. The van der Waals surface area contributed by atoms with Crippen LogP contribution in [0.5, 0.6) is 0 Å². The standard InChI is InChI=1S/C19H25N5O/c1-3-14-7-5-8-15(4-2)17(14)24-19(20)23-12-11-22-18(25)16-9-6-10-21-13-16/h5-10,13H,3-4,11-12H2,1-2H3,(H,22,25)(H3,20,23,24). The van der Waals surface area contributed by atoms with Gasteiger partial charge in [-0.1, -0.05) is 32.0 Å². The Hall–Kier alpha value is -2.89. The highest BCUT2D eigenvalue weighted by Crippen LogP contribution is 2.22. The molecule has 1 heterocycles. The Morgan fingerprint density at radius 3 is 2.48 bits per heavy atom. The van der Waals surface area contributed by atoms with Crippen molar-refractivity contribution in [1.29, 1.82) is 0 Å². The number of rotatable bonds is 7. The van der Waals surface area contributed by atoms with Crippen molar-refractivity contribution in [3.8, 4) is 0 Å². The summed E-state index contributed by atoms with van der Waals surface area (Å²) in [5.41, 5.74) is 9.98. The molecule has 0 aliphatic carbocycles. The lowest BCUT2D eigenvalue weighted by atomic mass is 10.0. The third-order valence-electron chi connectivity index (χ3n) is 3.86. The van der Waals surface area contributed by atoms with Gasteiger partial charge in [0.1, 0.15) is 0 Å². The number of carbonyl (C=O) groups excluding carboxylic acids is 1. The molecule has 0 spiro atoms. The number of aromatic nitrogens is 1. The molecule has 6 nitrogen and oxygen atoms in total. The number of aryl methyl sites for hydroxylation is 2. The van der Waals surface area contributed by atoms with Gasteiger partial charge < -0.3 is 16.4 Å². The maximum atomic E-state index is 11.9. The fourth-order valence-electron chi connectivity index (χ4n) is 2.52. The lowest BCUT2D eigenvalue weighted by Crippen LogP contribution is -2.29. The third-order valence-corrected chi connectivity index (χ3v) is 3.86. The molecule has 132 valence electrons. The summed E-state index contributed by atoms with van der Waals surface area (Å²) in [4.78, 5) is 20.1. The molecule has 2 aromatic rings. The Balaban J connectivity index is 1.89. The molecular formula is C19H25N5O. The van der Waals surface area contributed by atoms with Crippen molar-refractivity contribution in [3.63, 3.8) is 0 Å². The number of benzene rings is 1. The molecule has 25 heavy (non-hydrogen) atoms. The van der Waals surface area contributed by atoms with Crippen molar-refractivity contribution < 1.29 is 4.79 Å². The number of nitrogens with one attached hydrogen (secondary N) is 2. The van der Waals surface area contributed by atoms with Gasteiger partial charge in [0.2, 0.25) is 0 Å². The van der Waals surface area contributed by atoms with E-state index >= 15 is 0 Å². The van der Waals surface area contributed by atoms with Crippen molar-refractivity contribution in [2.45, 2.75) is 26.7 Å². The van der Waals surface area contributed by atoms with E-state index in [4.69, 9.17) is 5.73 Å². The summed E-state index contributed by atoms with van der Waals surface area (Å²) >= 11 is 0. The quantitative estimate of drug-likeness (QED) is 0.410. The molecule has 0 aliphatic heterocycles. The molecule has 0 radical (unpaired) electrons. The first-order chi connectivity index (χ1) is 12.2. The Morgan fingerprint density at radius 2 is 1.88 bits per heavy atom. The highest BCUT2D eigenvalue weighted by Gasteiger charge is 2.07. The molecule has 2 rings (SSSR count). The van der Waals surface area contributed by atoms with E-state index in [2.05, 4.69) is 52.7 Å². The molecule has 0 unspecified atom stereocenters. The molecule has 0 fully saturated rings. The predicted molar refractivity (Wildman–Crippen MR) is 102 cm³/mol. The lowest BCUT2D eigenvalue weighted by Gasteiger charge is -2.14. The van der Waals surface area contributed by atoms with Crippen LogP contribution in [0.1, 0.15) is 35.3 Å². The zero-order chi connectivity index (χ0) is 18.1. The van der Waals surface area contributed by atoms with E-state index in [9.17, 15) is 4.79 Å². The zero-order valence-electron chi connectivity index (χ0n) is 14.7. The summed E-state index contributed by atoms with van der Waals surface area (Å²) in [6, 6.07) is 9.68. The smallest absolute Gasteiger partial charge is 0.252 e. The molecule has 1 aromatic carbocycles. The second-order valence-electron chi connectivity index (χ2n) is 5.55. The minimum absolute atomic E-state index is 0.167. The van der Waals surface area contributed by atoms with E-state index in [-0.39, 0.29) is 5.91 Å². The summed E-state index contributed by atoms with van der Waals surface area (Å²) < 4.78 is 0. The van der Waals surface area contributed by atoms with Gasteiger partial charge in [-0.15, -0.1) is 0 Å². The fourth-order valence-corrected chi connectivity index (χ4v) is 2.52. The molecule has 1 amide bonds. The van der Waals surface area contributed by atoms with Crippen LogP contribution in [0.25, 0.3) is 0 Å². The number of nitrogens with zero attached hydrogens (tertiary/aromatic N) is 2. The molecule has 0 aliphatic rings. The number of para-hydroxylation sites is 1. The van der Waals surface area contributed by atoms with Crippen LogP contribution in [-0.4, -0.2) is 29.9 Å². The van der Waals surface area contributed by atoms with Crippen LogP contribution in [-0.2, 0) is 12.8 Å². The van der Waals surface area contributed by atoms with Crippen LogP contribution < -0.4 is 16.4 Å². The lowest BCUT2D eigenvalue weighted by molar-refractivity contribution is 0.0954. The van der Waals surface area contributed by atoms with Gasteiger partial charge in [-0.2, -0.15) is 0 Å². The second-order valence-corrected chi connectivity index (χ2v) is 5.55. The first kappa shape index (κ1) is 18.4. The molecule has 0 saturated carbocycles. The van der Waals surface area contributed by atoms with Crippen LogP contribution in [0, 0.1) is 0 Å². The van der Waals surface area contributed by atoms with E-state index in [1.165, 1.54) is 17.3 Å². The monoisotopic (exact) mass is 339 g/mol. The van der Waals surface area contributed by atoms with E-state index < -0.39 is 0 Å². The highest BCUT2D eigenvalue weighted by molar-refractivity contribution is 5.94. The van der Waals surface area contributed by atoms with Crippen LogP contribution in [0.4, 0.5) is 5.69 Å². The summed E-state index contributed by atoms with van der Waals surface area (Å²) in [5, 5.41) is 6.00. The fraction of sp³-hybridized carbons (Fsp3) is 0.316. The number of anilines is 1. The van der Waals surface area contributed by atoms with Crippen molar-refractivity contribution in [2.75, 3.05) is 18.4 Å². The number of aliphatic imine (C=N–C) groups is 1. The normalized spacial score (nSPS) is 11.2. The maximum absolute atomic E-state index is 11.9. The Morgan fingerprint density at radius 1 is 1.16 bits per heavy atom. The van der Waals surface area contributed by atoms with Crippen molar-refractivity contribution in [2.24, 2.45) is 10.7 Å². The number of pyridine rings is 1. The van der Waals surface area contributed by atoms with Gasteiger partial charge in [0, 0.05) is 24.6 Å². The van der Waals surface area contributed by atoms with Crippen LogP contribution in [0.2, 0.25) is 0 Å². The van der Waals surface area contributed by atoms with Crippen molar-refractivity contribution in [3.05, 3.63) is 59.4 Å². The van der Waals surface area contributed by atoms with Gasteiger partial charge >= 0.3 is 0 Å². The molecule has 6 heteroatoms. The third kappa shape index (κ3) is 5.31.